The lowest BCUT2D eigenvalue weighted by Crippen LogP contribution is -2.33. The molecule has 0 bridgehead atoms. The second-order valence-corrected chi connectivity index (χ2v) is 4.85. The zero-order chi connectivity index (χ0) is 11.5. The average Bonchev–Trinajstić information content (AvgIpc) is 3.01. The van der Waals surface area contributed by atoms with E-state index >= 15 is 0 Å². The van der Waals surface area contributed by atoms with E-state index in [1.165, 1.54) is 12.8 Å². The van der Waals surface area contributed by atoms with Crippen molar-refractivity contribution in [2.75, 3.05) is 20.1 Å². The predicted octanol–water partition coefficient (Wildman–Crippen LogP) is 1.87. The van der Waals surface area contributed by atoms with Gasteiger partial charge in [0, 0.05) is 19.1 Å². The van der Waals surface area contributed by atoms with Crippen molar-refractivity contribution in [1.82, 2.24) is 10.2 Å². The molecule has 4 nitrogen and oxygen atoms in total. The van der Waals surface area contributed by atoms with Crippen LogP contribution < -0.4 is 5.32 Å². The Kier molecular flexibility index (Phi) is 3.66. The largest absolute Gasteiger partial charge is 0.444 e. The number of rotatable bonds is 5. The van der Waals surface area contributed by atoms with Crippen molar-refractivity contribution in [2.45, 2.75) is 18.9 Å². The summed E-state index contributed by atoms with van der Waals surface area (Å²) in [5.41, 5.74) is 0. The van der Waals surface area contributed by atoms with Crippen molar-refractivity contribution in [3.63, 3.8) is 0 Å². The Morgan fingerprint density at radius 2 is 2.38 bits per heavy atom. The van der Waals surface area contributed by atoms with Crippen LogP contribution in [0.4, 0.5) is 0 Å². The molecule has 0 radical (unpaired) electrons. The normalized spacial score (nSPS) is 15.4. The second kappa shape index (κ2) is 5.01. The molecule has 0 unspecified atom stereocenters. The van der Waals surface area contributed by atoms with Gasteiger partial charge in [-0.1, -0.05) is 0 Å². The Morgan fingerprint density at radius 3 is 2.94 bits per heavy atom. The van der Waals surface area contributed by atoms with Crippen LogP contribution in [-0.2, 0) is 0 Å². The molecule has 1 heterocycles. The SMILES string of the molecule is CN(CCNC(=O)c1ccc(Br)o1)C1CC1. The molecule has 0 aromatic carbocycles. The van der Waals surface area contributed by atoms with Gasteiger partial charge in [0.15, 0.2) is 10.4 Å². The van der Waals surface area contributed by atoms with Crippen LogP contribution in [0.3, 0.4) is 0 Å². The van der Waals surface area contributed by atoms with Crippen LogP contribution in [-0.4, -0.2) is 37.0 Å². The highest BCUT2D eigenvalue weighted by atomic mass is 79.9. The van der Waals surface area contributed by atoms with Gasteiger partial charge in [0.25, 0.3) is 5.91 Å². The number of hydrogen-bond donors (Lipinski definition) is 1. The van der Waals surface area contributed by atoms with Crippen molar-refractivity contribution >= 4 is 21.8 Å². The number of furan rings is 1. The lowest BCUT2D eigenvalue weighted by molar-refractivity contribution is 0.0920. The van der Waals surface area contributed by atoms with E-state index in [9.17, 15) is 4.79 Å². The maximum absolute atomic E-state index is 11.6. The maximum Gasteiger partial charge on any atom is 0.287 e. The van der Waals surface area contributed by atoms with E-state index in [1.807, 2.05) is 0 Å². The summed E-state index contributed by atoms with van der Waals surface area (Å²) < 4.78 is 5.73. The highest BCUT2D eigenvalue weighted by molar-refractivity contribution is 9.10. The van der Waals surface area contributed by atoms with Crippen LogP contribution in [0, 0.1) is 0 Å². The Bertz CT molecular complexity index is 374. The Morgan fingerprint density at radius 1 is 1.62 bits per heavy atom. The number of amides is 1. The number of nitrogens with zero attached hydrogens (tertiary/aromatic N) is 1. The van der Waals surface area contributed by atoms with Gasteiger partial charge in [-0.3, -0.25) is 4.79 Å². The zero-order valence-corrected chi connectivity index (χ0v) is 10.8. The summed E-state index contributed by atoms with van der Waals surface area (Å²) >= 11 is 3.16. The summed E-state index contributed by atoms with van der Waals surface area (Å²) in [5, 5.41) is 2.83. The first kappa shape index (κ1) is 11.7. The number of halogens is 1. The van der Waals surface area contributed by atoms with Gasteiger partial charge in [-0.15, -0.1) is 0 Å². The average molecular weight is 287 g/mol. The van der Waals surface area contributed by atoms with Crippen LogP contribution >= 0.6 is 15.9 Å². The molecule has 0 spiro atoms. The summed E-state index contributed by atoms with van der Waals surface area (Å²) in [7, 11) is 2.09. The summed E-state index contributed by atoms with van der Waals surface area (Å²) in [6, 6.07) is 4.10. The first-order valence-corrected chi connectivity index (χ1v) is 6.20. The molecule has 1 fully saturated rings. The molecule has 88 valence electrons. The summed E-state index contributed by atoms with van der Waals surface area (Å²) in [4.78, 5) is 13.9. The van der Waals surface area contributed by atoms with E-state index in [1.54, 1.807) is 12.1 Å². The molecule has 1 aliphatic rings. The van der Waals surface area contributed by atoms with Gasteiger partial charge < -0.3 is 14.6 Å². The van der Waals surface area contributed by atoms with Crippen molar-refractivity contribution < 1.29 is 9.21 Å². The third kappa shape index (κ3) is 3.09. The van der Waals surface area contributed by atoms with Gasteiger partial charge in [0.2, 0.25) is 0 Å². The number of carbonyl (C=O) groups excluding carboxylic acids is 1. The van der Waals surface area contributed by atoms with Crippen LogP contribution in [0.1, 0.15) is 23.4 Å². The molecular formula is C11H15BrN2O2. The first-order valence-electron chi connectivity index (χ1n) is 5.40. The molecule has 1 aromatic heterocycles. The van der Waals surface area contributed by atoms with Crippen molar-refractivity contribution in [2.24, 2.45) is 0 Å². The smallest absolute Gasteiger partial charge is 0.287 e. The molecule has 2 rings (SSSR count). The van der Waals surface area contributed by atoms with Gasteiger partial charge in [0.1, 0.15) is 0 Å². The van der Waals surface area contributed by atoms with Crippen LogP contribution in [0.5, 0.6) is 0 Å². The number of carbonyl (C=O) groups is 1. The Labute approximate surface area is 103 Å². The fraction of sp³-hybridized carbons (Fsp3) is 0.545. The van der Waals surface area contributed by atoms with E-state index < -0.39 is 0 Å². The lowest BCUT2D eigenvalue weighted by atomic mass is 10.4. The quantitative estimate of drug-likeness (QED) is 0.899. The number of likely N-dealkylation sites (N-methyl/N-ethyl adjacent to an activating group) is 1. The highest BCUT2D eigenvalue weighted by Crippen LogP contribution is 2.24. The van der Waals surface area contributed by atoms with Crippen molar-refractivity contribution in [3.8, 4) is 0 Å². The standard InChI is InChI=1S/C11H15BrN2O2/c1-14(8-2-3-8)7-6-13-11(15)9-4-5-10(12)16-9/h4-5,8H,2-3,6-7H2,1H3,(H,13,15). The molecule has 0 aliphatic heterocycles. The molecule has 1 saturated carbocycles. The molecule has 1 N–H and O–H groups in total. The molecule has 1 aromatic rings. The van der Waals surface area contributed by atoms with Crippen LogP contribution in [0.15, 0.2) is 21.2 Å². The third-order valence-electron chi connectivity index (χ3n) is 2.72. The third-order valence-corrected chi connectivity index (χ3v) is 3.14. The zero-order valence-electron chi connectivity index (χ0n) is 9.20. The van der Waals surface area contributed by atoms with E-state index in [4.69, 9.17) is 4.42 Å². The summed E-state index contributed by atoms with van der Waals surface area (Å²) in [6.07, 6.45) is 2.57. The predicted molar refractivity (Wildman–Crippen MR) is 64.4 cm³/mol. The fourth-order valence-electron chi connectivity index (χ4n) is 1.57. The van der Waals surface area contributed by atoms with E-state index in [2.05, 4.69) is 33.2 Å². The van der Waals surface area contributed by atoms with Gasteiger partial charge in [0.05, 0.1) is 0 Å². The molecule has 0 atom stereocenters. The van der Waals surface area contributed by atoms with Gasteiger partial charge in [-0.25, -0.2) is 0 Å². The van der Waals surface area contributed by atoms with E-state index in [-0.39, 0.29) is 5.91 Å². The minimum Gasteiger partial charge on any atom is -0.444 e. The lowest BCUT2D eigenvalue weighted by Gasteiger charge is -2.15. The molecule has 16 heavy (non-hydrogen) atoms. The number of nitrogens with one attached hydrogen (secondary N) is 1. The van der Waals surface area contributed by atoms with Gasteiger partial charge >= 0.3 is 0 Å². The summed E-state index contributed by atoms with van der Waals surface area (Å²) in [5.74, 6) is 0.191. The second-order valence-electron chi connectivity index (χ2n) is 4.07. The molecular weight excluding hydrogens is 272 g/mol. The first-order chi connectivity index (χ1) is 7.66. The topological polar surface area (TPSA) is 45.5 Å². The Balaban J connectivity index is 1.71. The molecule has 1 amide bonds. The highest BCUT2D eigenvalue weighted by Gasteiger charge is 2.25. The number of hydrogen-bond acceptors (Lipinski definition) is 3. The molecule has 0 saturated heterocycles. The van der Waals surface area contributed by atoms with Crippen molar-refractivity contribution in [1.29, 1.82) is 0 Å². The Hall–Kier alpha value is -0.810. The minimum atomic E-state index is -0.158. The van der Waals surface area contributed by atoms with E-state index in [0.29, 0.717) is 17.0 Å². The molecule has 1 aliphatic carbocycles. The van der Waals surface area contributed by atoms with E-state index in [0.717, 1.165) is 12.6 Å². The summed E-state index contributed by atoms with van der Waals surface area (Å²) in [6.45, 7) is 1.54. The van der Waals surface area contributed by atoms with Crippen LogP contribution in [0.25, 0.3) is 0 Å². The molecule has 5 heteroatoms. The van der Waals surface area contributed by atoms with Gasteiger partial charge in [-0.05, 0) is 48.0 Å². The fourth-order valence-corrected chi connectivity index (χ4v) is 1.87. The maximum atomic E-state index is 11.6. The van der Waals surface area contributed by atoms with Gasteiger partial charge in [-0.2, -0.15) is 0 Å². The van der Waals surface area contributed by atoms with Crippen LogP contribution in [0.2, 0.25) is 0 Å². The monoisotopic (exact) mass is 286 g/mol. The minimum absolute atomic E-state index is 0.158. The van der Waals surface area contributed by atoms with Crippen molar-refractivity contribution in [3.05, 3.63) is 22.6 Å².